The second kappa shape index (κ2) is 6.11. The molecule has 0 radical (unpaired) electrons. The van der Waals surface area contributed by atoms with Crippen LogP contribution < -0.4 is 4.90 Å². The summed E-state index contributed by atoms with van der Waals surface area (Å²) in [6.45, 7) is 5.25. The quantitative estimate of drug-likeness (QED) is 0.599. The second-order valence-corrected chi connectivity index (χ2v) is 6.71. The molecule has 5 heteroatoms. The van der Waals surface area contributed by atoms with Gasteiger partial charge in [0.2, 0.25) is 0 Å². The predicted octanol–water partition coefficient (Wildman–Crippen LogP) is 3.92. The van der Waals surface area contributed by atoms with Crippen molar-refractivity contribution >= 4 is 27.8 Å². The first kappa shape index (κ1) is 15.3. The van der Waals surface area contributed by atoms with E-state index in [1.54, 1.807) is 0 Å². The third kappa shape index (κ3) is 2.52. The Morgan fingerprint density at radius 3 is 2.62 bits per heavy atom. The average Bonchev–Trinajstić information content (AvgIpc) is 3.13. The molecule has 1 fully saturated rings. The van der Waals surface area contributed by atoms with Gasteiger partial charge in [0.25, 0.3) is 0 Å². The summed E-state index contributed by atoms with van der Waals surface area (Å²) in [6.07, 6.45) is 0. The van der Waals surface area contributed by atoms with Crippen molar-refractivity contribution in [2.75, 3.05) is 31.2 Å². The van der Waals surface area contributed by atoms with Crippen LogP contribution in [0.3, 0.4) is 0 Å². The minimum Gasteiger partial charge on any atom is -0.378 e. The van der Waals surface area contributed by atoms with Gasteiger partial charge in [0.15, 0.2) is 0 Å². The summed E-state index contributed by atoms with van der Waals surface area (Å²) in [7, 11) is 0. The van der Waals surface area contributed by atoms with Gasteiger partial charge in [0.05, 0.1) is 35.3 Å². The fraction of sp³-hybridized carbons (Fsp3) is 0.238. The van der Waals surface area contributed by atoms with Gasteiger partial charge < -0.3 is 14.6 Å². The molecule has 0 bridgehead atoms. The summed E-state index contributed by atoms with van der Waals surface area (Å²) < 4.78 is 5.53. The number of H-pyrrole nitrogens is 1. The first-order chi connectivity index (χ1) is 12.8. The molecule has 5 nitrogen and oxygen atoms in total. The van der Waals surface area contributed by atoms with E-state index in [2.05, 4.69) is 41.1 Å². The number of aromatic nitrogens is 3. The Hall–Kier alpha value is -2.92. The van der Waals surface area contributed by atoms with E-state index >= 15 is 0 Å². The molecule has 3 heterocycles. The molecule has 26 heavy (non-hydrogen) atoms. The fourth-order valence-electron chi connectivity index (χ4n) is 3.60. The minimum absolute atomic E-state index is 0.729. The third-order valence-electron chi connectivity index (χ3n) is 5.00. The van der Waals surface area contributed by atoms with Crippen molar-refractivity contribution in [2.45, 2.75) is 6.92 Å². The fourth-order valence-corrected chi connectivity index (χ4v) is 3.60. The van der Waals surface area contributed by atoms with E-state index < -0.39 is 0 Å². The van der Waals surface area contributed by atoms with Gasteiger partial charge in [-0.2, -0.15) is 0 Å². The highest BCUT2D eigenvalue weighted by atomic mass is 16.5. The number of hydrogen-bond donors (Lipinski definition) is 1. The number of anilines is 1. The third-order valence-corrected chi connectivity index (χ3v) is 5.00. The lowest BCUT2D eigenvalue weighted by molar-refractivity contribution is 0.122. The van der Waals surface area contributed by atoms with E-state index in [1.165, 1.54) is 5.56 Å². The summed E-state index contributed by atoms with van der Waals surface area (Å²) in [5.41, 5.74) is 5.32. The van der Waals surface area contributed by atoms with Crippen LogP contribution in [0.2, 0.25) is 0 Å². The Kier molecular flexibility index (Phi) is 3.60. The summed E-state index contributed by atoms with van der Waals surface area (Å²) in [5, 5.41) is 1.12. The number of ether oxygens (including phenoxy) is 1. The van der Waals surface area contributed by atoms with Crippen molar-refractivity contribution < 1.29 is 4.74 Å². The van der Waals surface area contributed by atoms with E-state index in [0.717, 1.165) is 65.4 Å². The molecule has 5 rings (SSSR count). The molecule has 1 aliphatic heterocycles. The van der Waals surface area contributed by atoms with Gasteiger partial charge in [-0.1, -0.05) is 30.3 Å². The molecule has 130 valence electrons. The Morgan fingerprint density at radius 2 is 1.77 bits per heavy atom. The van der Waals surface area contributed by atoms with Gasteiger partial charge in [-0.05, 0) is 30.7 Å². The monoisotopic (exact) mass is 344 g/mol. The molecule has 0 saturated carbocycles. The molecule has 1 saturated heterocycles. The van der Waals surface area contributed by atoms with Gasteiger partial charge in [-0.15, -0.1) is 0 Å². The molecule has 0 aliphatic carbocycles. The maximum atomic E-state index is 5.53. The number of fused-ring (bicyclic) bond motifs is 2. The summed E-state index contributed by atoms with van der Waals surface area (Å²) in [5.74, 6) is 1.85. The predicted molar refractivity (Wildman–Crippen MR) is 105 cm³/mol. The Balaban J connectivity index is 1.74. The van der Waals surface area contributed by atoms with Crippen LogP contribution in [0.25, 0.3) is 33.3 Å². The molecule has 1 aliphatic rings. The van der Waals surface area contributed by atoms with Gasteiger partial charge in [-0.3, -0.25) is 0 Å². The Bertz CT molecular complexity index is 1100. The van der Waals surface area contributed by atoms with E-state index in [0.29, 0.717) is 0 Å². The molecule has 0 amide bonds. The van der Waals surface area contributed by atoms with Crippen LogP contribution in [0.15, 0.2) is 48.5 Å². The van der Waals surface area contributed by atoms with Crippen molar-refractivity contribution in [3.05, 3.63) is 54.1 Å². The average molecular weight is 344 g/mol. The van der Waals surface area contributed by atoms with Crippen molar-refractivity contribution in [3.63, 3.8) is 0 Å². The number of pyridine rings is 1. The minimum atomic E-state index is 0.729. The lowest BCUT2D eigenvalue weighted by atomic mass is 10.1. The van der Waals surface area contributed by atoms with Crippen molar-refractivity contribution in [1.82, 2.24) is 15.0 Å². The SMILES string of the molecule is Cc1cccc2nc(-c3cc4ccccc4nc3N3CCOCC3)[nH]c12. The molecule has 4 aromatic rings. The zero-order valence-corrected chi connectivity index (χ0v) is 14.7. The summed E-state index contributed by atoms with van der Waals surface area (Å²) in [4.78, 5) is 15.6. The number of benzene rings is 2. The Morgan fingerprint density at radius 1 is 0.962 bits per heavy atom. The standard InChI is InChI=1S/C21H20N4O/c1-14-5-4-8-18-19(14)24-20(22-18)16-13-15-6-2-3-7-17(15)23-21(16)25-9-11-26-12-10-25/h2-8,13H,9-12H2,1H3,(H,22,24). The summed E-state index contributed by atoms with van der Waals surface area (Å²) >= 11 is 0. The van der Waals surface area contributed by atoms with Crippen LogP contribution in [-0.4, -0.2) is 41.3 Å². The number of rotatable bonds is 2. The molecule has 0 spiro atoms. The lowest BCUT2D eigenvalue weighted by Crippen LogP contribution is -2.37. The number of imidazole rings is 1. The van der Waals surface area contributed by atoms with E-state index in [1.807, 2.05) is 24.3 Å². The molecular formula is C21H20N4O. The van der Waals surface area contributed by atoms with Crippen molar-refractivity contribution in [3.8, 4) is 11.4 Å². The number of aromatic amines is 1. The van der Waals surface area contributed by atoms with Crippen LogP contribution in [0.4, 0.5) is 5.82 Å². The molecule has 0 atom stereocenters. The van der Waals surface area contributed by atoms with Gasteiger partial charge in [0, 0.05) is 18.5 Å². The highest BCUT2D eigenvalue weighted by Crippen LogP contribution is 2.33. The number of nitrogens with zero attached hydrogens (tertiary/aromatic N) is 3. The first-order valence-electron chi connectivity index (χ1n) is 8.98. The molecule has 2 aromatic heterocycles. The van der Waals surface area contributed by atoms with Crippen LogP contribution in [-0.2, 0) is 4.74 Å². The van der Waals surface area contributed by atoms with E-state index in [9.17, 15) is 0 Å². The van der Waals surface area contributed by atoms with Crippen molar-refractivity contribution in [2.24, 2.45) is 0 Å². The van der Waals surface area contributed by atoms with Gasteiger partial charge in [0.1, 0.15) is 11.6 Å². The van der Waals surface area contributed by atoms with Crippen LogP contribution in [0.1, 0.15) is 5.56 Å². The number of para-hydroxylation sites is 2. The zero-order valence-electron chi connectivity index (χ0n) is 14.7. The van der Waals surface area contributed by atoms with Gasteiger partial charge >= 0.3 is 0 Å². The maximum Gasteiger partial charge on any atom is 0.142 e. The number of morpholine rings is 1. The van der Waals surface area contributed by atoms with Crippen LogP contribution >= 0.6 is 0 Å². The Labute approximate surface area is 151 Å². The molecule has 1 N–H and O–H groups in total. The molecule has 2 aromatic carbocycles. The van der Waals surface area contributed by atoms with Crippen molar-refractivity contribution in [1.29, 1.82) is 0 Å². The highest BCUT2D eigenvalue weighted by Gasteiger charge is 2.20. The smallest absolute Gasteiger partial charge is 0.142 e. The zero-order chi connectivity index (χ0) is 17.5. The lowest BCUT2D eigenvalue weighted by Gasteiger charge is -2.29. The molecule has 0 unspecified atom stereocenters. The normalized spacial score (nSPS) is 15.0. The second-order valence-electron chi connectivity index (χ2n) is 6.71. The van der Waals surface area contributed by atoms with Gasteiger partial charge in [-0.25, -0.2) is 9.97 Å². The summed E-state index contributed by atoms with van der Waals surface area (Å²) in [6, 6.07) is 16.6. The number of hydrogen-bond acceptors (Lipinski definition) is 4. The van der Waals surface area contributed by atoms with E-state index in [-0.39, 0.29) is 0 Å². The first-order valence-corrected chi connectivity index (χ1v) is 8.98. The maximum absolute atomic E-state index is 5.53. The highest BCUT2D eigenvalue weighted by molar-refractivity contribution is 5.90. The van der Waals surface area contributed by atoms with Crippen LogP contribution in [0, 0.1) is 6.92 Å². The topological polar surface area (TPSA) is 54.0 Å². The van der Waals surface area contributed by atoms with E-state index in [4.69, 9.17) is 14.7 Å². The number of aryl methyl sites for hydroxylation is 1. The molecular weight excluding hydrogens is 324 g/mol. The van der Waals surface area contributed by atoms with Crippen LogP contribution in [0.5, 0.6) is 0 Å². The largest absolute Gasteiger partial charge is 0.378 e. The number of nitrogens with one attached hydrogen (secondary N) is 1.